The van der Waals surface area contributed by atoms with Crippen molar-refractivity contribution in [3.05, 3.63) is 156 Å². The van der Waals surface area contributed by atoms with Crippen LogP contribution in [0.5, 0.6) is 0 Å². The second-order valence-corrected chi connectivity index (χ2v) is 15.4. The van der Waals surface area contributed by atoms with E-state index in [1.165, 1.54) is 20.7 Å². The first-order chi connectivity index (χ1) is 25.3. The minimum Gasteiger partial charge on any atom is -0.480 e. The maximum Gasteiger partial charge on any atom is 0.323 e. The van der Waals surface area contributed by atoms with E-state index in [9.17, 15) is 19.5 Å². The molecule has 2 aromatic heterocycles. The van der Waals surface area contributed by atoms with Gasteiger partial charge in [0.15, 0.2) is 0 Å². The fourth-order valence-electron chi connectivity index (χ4n) is 7.16. The van der Waals surface area contributed by atoms with Crippen LogP contribution in [0.4, 0.5) is 0 Å². The van der Waals surface area contributed by atoms with Crippen molar-refractivity contribution in [2.75, 3.05) is 6.54 Å². The molecule has 4 aromatic carbocycles. The summed E-state index contributed by atoms with van der Waals surface area (Å²) in [4.78, 5) is 40.3. The highest BCUT2D eigenvalue weighted by Gasteiger charge is 2.33. The number of thiocarbonyl (C=S) groups is 1. The molecule has 3 heterocycles. The number of nitrogens with zero attached hydrogens (tertiary/aromatic N) is 3. The van der Waals surface area contributed by atoms with Gasteiger partial charge < -0.3 is 9.67 Å². The Kier molecular flexibility index (Phi) is 9.13. The molecule has 258 valence electrons. The van der Waals surface area contributed by atoms with E-state index < -0.39 is 18.1 Å². The van der Waals surface area contributed by atoms with Crippen molar-refractivity contribution >= 4 is 85.0 Å². The molecule has 1 saturated heterocycles. The zero-order valence-electron chi connectivity index (χ0n) is 28.2. The van der Waals surface area contributed by atoms with E-state index in [1.807, 2.05) is 25.1 Å². The summed E-state index contributed by atoms with van der Waals surface area (Å²) in [5.41, 5.74) is 9.81. The lowest BCUT2D eigenvalue weighted by atomic mass is 9.96. The van der Waals surface area contributed by atoms with Crippen molar-refractivity contribution in [1.82, 2.24) is 14.0 Å². The number of thioether (sulfide) groups is 1. The summed E-state index contributed by atoms with van der Waals surface area (Å²) in [5.74, 6) is -1.46. The van der Waals surface area contributed by atoms with E-state index in [1.54, 1.807) is 6.08 Å². The van der Waals surface area contributed by atoms with Gasteiger partial charge in [0.1, 0.15) is 20.4 Å². The molecule has 6 aromatic rings. The zero-order valence-corrected chi connectivity index (χ0v) is 30.7. The van der Waals surface area contributed by atoms with Gasteiger partial charge in [-0.1, -0.05) is 103 Å². The van der Waals surface area contributed by atoms with E-state index in [4.69, 9.17) is 12.2 Å². The molecule has 8 rings (SSSR count). The maximum atomic E-state index is 13.6. The van der Waals surface area contributed by atoms with Crippen LogP contribution < -0.4 is 14.8 Å². The Hall–Kier alpha value is -5.29. The van der Waals surface area contributed by atoms with Crippen molar-refractivity contribution in [1.29, 1.82) is 0 Å². The molecule has 1 N–H and O–H groups in total. The van der Waals surface area contributed by atoms with Crippen LogP contribution in [0.1, 0.15) is 46.9 Å². The van der Waals surface area contributed by atoms with Crippen LogP contribution in [0, 0.1) is 0 Å². The van der Waals surface area contributed by atoms with E-state index in [0.717, 1.165) is 86.8 Å². The molecule has 0 radical (unpaired) electrons. The number of aromatic nitrogens is 2. The topological polar surface area (TPSA) is 84.5 Å². The van der Waals surface area contributed by atoms with Gasteiger partial charge >= 0.3 is 5.97 Å². The Morgan fingerprint density at radius 3 is 2.19 bits per heavy atom. The zero-order chi connectivity index (χ0) is 35.9. The van der Waals surface area contributed by atoms with Gasteiger partial charge in [-0.2, -0.15) is 0 Å². The molecular weight excluding hydrogens is 707 g/mol. The Balaban J connectivity index is 1.19. The first kappa shape index (κ1) is 33.8. The number of rotatable bonds is 8. The van der Waals surface area contributed by atoms with Crippen molar-refractivity contribution in [3.8, 4) is 5.69 Å². The van der Waals surface area contributed by atoms with Gasteiger partial charge in [0.2, 0.25) is 0 Å². The Morgan fingerprint density at radius 2 is 1.56 bits per heavy atom. The lowest BCUT2D eigenvalue weighted by Crippen LogP contribution is -2.35. The molecule has 2 aliphatic rings. The Morgan fingerprint density at radius 1 is 0.885 bits per heavy atom. The van der Waals surface area contributed by atoms with Crippen molar-refractivity contribution in [2.24, 2.45) is 0 Å². The summed E-state index contributed by atoms with van der Waals surface area (Å²) in [5, 5.41) is 10.8. The largest absolute Gasteiger partial charge is 0.480 e. The Labute approximate surface area is 313 Å². The predicted octanol–water partition coefficient (Wildman–Crippen LogP) is 6.83. The molecule has 0 bridgehead atoms. The molecule has 0 spiro atoms. The highest BCUT2D eigenvalue weighted by atomic mass is 32.2. The summed E-state index contributed by atoms with van der Waals surface area (Å²) in [6.07, 6.45) is 7.06. The van der Waals surface area contributed by atoms with Crippen LogP contribution in [0.15, 0.2) is 108 Å². The second-order valence-electron chi connectivity index (χ2n) is 12.7. The monoisotopic (exact) mass is 739 g/mol. The van der Waals surface area contributed by atoms with Gasteiger partial charge in [-0.25, -0.2) is 0 Å². The van der Waals surface area contributed by atoms with Gasteiger partial charge in [0.25, 0.3) is 11.5 Å². The van der Waals surface area contributed by atoms with Crippen molar-refractivity contribution in [3.63, 3.8) is 0 Å². The average Bonchev–Trinajstić information content (AvgIpc) is 3.90. The number of hydrogen-bond acceptors (Lipinski definition) is 6. The molecule has 0 atom stereocenters. The SMILES string of the molecule is CCN1C(=O)/C(=c2/s/c(=C/c3ccc4c(c3)c3c(n4-c4ccc(C=C(c5ccccc5)c5ccccc5)cc4)CCC3)c(=O)n2CC(=O)O)SC1=S. The van der Waals surface area contributed by atoms with E-state index in [-0.39, 0.29) is 10.8 Å². The number of carboxylic acid groups (broad SMARTS) is 1. The fourth-order valence-corrected chi connectivity index (χ4v) is 9.80. The second kappa shape index (κ2) is 14.0. The number of hydrogen-bond donors (Lipinski definition) is 1. The summed E-state index contributed by atoms with van der Waals surface area (Å²) in [7, 11) is 0. The van der Waals surface area contributed by atoms with Crippen molar-refractivity contribution in [2.45, 2.75) is 32.7 Å². The third kappa shape index (κ3) is 6.17. The van der Waals surface area contributed by atoms with E-state index in [0.29, 0.717) is 20.1 Å². The lowest BCUT2D eigenvalue weighted by Gasteiger charge is -2.12. The molecule has 10 heteroatoms. The molecule has 1 amide bonds. The smallest absolute Gasteiger partial charge is 0.323 e. The molecular formula is C42H33N3O4S3. The maximum absolute atomic E-state index is 13.6. The van der Waals surface area contributed by atoms with Gasteiger partial charge in [0.05, 0.1) is 10.0 Å². The number of aliphatic carboxylic acids is 1. The summed E-state index contributed by atoms with van der Waals surface area (Å²) < 4.78 is 4.61. The lowest BCUT2D eigenvalue weighted by molar-refractivity contribution is -0.137. The minimum absolute atomic E-state index is 0.290. The van der Waals surface area contributed by atoms with Gasteiger partial charge in [-0.3, -0.25) is 23.9 Å². The van der Waals surface area contributed by atoms with Crippen LogP contribution >= 0.6 is 35.3 Å². The molecule has 1 aliphatic heterocycles. The highest BCUT2D eigenvalue weighted by molar-refractivity contribution is 8.30. The summed E-state index contributed by atoms with van der Waals surface area (Å²) >= 11 is 7.63. The number of aryl methyl sites for hydroxylation is 1. The molecule has 0 saturated carbocycles. The van der Waals surface area contributed by atoms with E-state index >= 15 is 0 Å². The molecule has 52 heavy (non-hydrogen) atoms. The highest BCUT2D eigenvalue weighted by Crippen LogP contribution is 2.37. The number of carbonyl (C=O) groups is 2. The number of benzene rings is 4. The number of carboxylic acids is 1. The van der Waals surface area contributed by atoms with Gasteiger partial charge in [0, 0.05) is 23.3 Å². The van der Waals surface area contributed by atoms with Crippen LogP contribution in [0.2, 0.25) is 0 Å². The number of carbonyl (C=O) groups excluding carboxylic acids is 1. The molecule has 7 nitrogen and oxygen atoms in total. The van der Waals surface area contributed by atoms with Gasteiger partial charge in [-0.05, 0) is 96.0 Å². The normalized spacial score (nSPS) is 15.5. The first-order valence-electron chi connectivity index (χ1n) is 17.1. The van der Waals surface area contributed by atoms with Gasteiger partial charge in [-0.15, -0.1) is 11.3 Å². The van der Waals surface area contributed by atoms with E-state index in [2.05, 4.69) is 95.6 Å². The first-order valence-corrected chi connectivity index (χ1v) is 19.1. The minimum atomic E-state index is -1.16. The van der Waals surface area contributed by atoms with Crippen molar-refractivity contribution < 1.29 is 14.7 Å². The standard InChI is InChI=1S/C42H33N3O4S3/c1-2-43-40(49)38(52-42(43)50)41-44(25-37(46)47)39(48)36(51-41)24-27-18-21-35-33(23-27)31-14-9-15-34(31)45(35)30-19-16-26(17-20-30)22-32(28-10-5-3-6-11-28)29-12-7-4-8-13-29/h3-8,10-13,16-24H,2,9,14-15,25H2,1H3,(H,46,47)/b36-24+,41-38-. The quantitative estimate of drug-likeness (QED) is 0.136. The third-order valence-electron chi connectivity index (χ3n) is 9.54. The van der Waals surface area contributed by atoms with Crippen LogP contribution in [0.25, 0.3) is 39.2 Å². The summed E-state index contributed by atoms with van der Waals surface area (Å²) in [6, 6.07) is 35.8. The number of amides is 1. The molecule has 1 aliphatic carbocycles. The summed E-state index contributed by atoms with van der Waals surface area (Å²) in [6.45, 7) is 1.68. The number of thiazole rings is 1. The third-order valence-corrected chi connectivity index (χ3v) is 12.2. The van der Waals surface area contributed by atoms with Crippen LogP contribution in [-0.2, 0) is 29.0 Å². The fraction of sp³-hybridized carbons (Fsp3) is 0.143. The predicted molar refractivity (Wildman–Crippen MR) is 215 cm³/mol. The molecule has 0 unspecified atom stereocenters. The van der Waals surface area contributed by atoms with Crippen LogP contribution in [-0.4, -0.2) is 41.9 Å². The number of fused-ring (bicyclic) bond motifs is 3. The van der Waals surface area contributed by atoms with Crippen LogP contribution in [0.3, 0.4) is 0 Å². The molecule has 1 fully saturated rings. The average molecular weight is 740 g/mol. The Bertz CT molecular complexity index is 2580.